The molecule has 0 N–H and O–H groups in total. The second kappa shape index (κ2) is 3.59. The van der Waals surface area contributed by atoms with Gasteiger partial charge in [0, 0.05) is 0 Å². The summed E-state index contributed by atoms with van der Waals surface area (Å²) in [5, 5.41) is -2.31. The number of carbonyl (C=O) groups excluding carboxylic acids is 2. The van der Waals surface area contributed by atoms with Crippen molar-refractivity contribution in [3.63, 3.8) is 0 Å². The molecule has 0 saturated heterocycles. The second-order valence-corrected chi connectivity index (χ2v) is 4.89. The van der Waals surface area contributed by atoms with E-state index in [0.717, 1.165) is 0 Å². The fourth-order valence-electron chi connectivity index (χ4n) is 0.745. The van der Waals surface area contributed by atoms with Crippen LogP contribution >= 0.6 is 58.0 Å². The number of halogens is 5. The van der Waals surface area contributed by atoms with Crippen LogP contribution in [0, 0.1) is 0 Å². The Morgan fingerprint density at radius 1 is 1.08 bits per heavy atom. The SMILES string of the molecule is O=C1C(Cl)=C(Cl)C(=O)C(Cl)(Cl)C1Cl. The molecule has 7 heteroatoms. The predicted octanol–water partition coefficient (Wildman–Crippen LogP) is 2.61. The molecule has 0 heterocycles. The number of allylic oxidation sites excluding steroid dienone is 2. The Labute approximate surface area is 98.7 Å². The largest absolute Gasteiger partial charge is 0.291 e. The van der Waals surface area contributed by atoms with E-state index in [9.17, 15) is 9.59 Å². The summed E-state index contributed by atoms with van der Waals surface area (Å²) >= 11 is 27.4. The number of rotatable bonds is 0. The van der Waals surface area contributed by atoms with Crippen LogP contribution in [0.2, 0.25) is 0 Å². The van der Waals surface area contributed by atoms with E-state index in [1.165, 1.54) is 0 Å². The van der Waals surface area contributed by atoms with E-state index >= 15 is 0 Å². The van der Waals surface area contributed by atoms with Gasteiger partial charge >= 0.3 is 0 Å². The molecule has 1 unspecified atom stereocenters. The molecule has 72 valence electrons. The number of ketones is 2. The number of alkyl halides is 3. The molecule has 1 aliphatic rings. The number of hydrogen-bond acceptors (Lipinski definition) is 2. The molecule has 1 aliphatic carbocycles. The maximum atomic E-state index is 11.2. The van der Waals surface area contributed by atoms with E-state index in [2.05, 4.69) is 0 Å². The molecule has 1 rings (SSSR count). The van der Waals surface area contributed by atoms with Crippen LogP contribution in [0.1, 0.15) is 0 Å². The summed E-state index contributed by atoms with van der Waals surface area (Å²) in [7, 11) is 0. The molecule has 0 aliphatic heterocycles. The van der Waals surface area contributed by atoms with Gasteiger partial charge in [0.1, 0.15) is 15.4 Å². The first kappa shape index (κ1) is 11.6. The van der Waals surface area contributed by atoms with Gasteiger partial charge in [0.05, 0.1) is 0 Å². The zero-order chi connectivity index (χ0) is 10.4. The van der Waals surface area contributed by atoms with E-state index in [4.69, 9.17) is 58.0 Å². The normalized spacial score (nSPS) is 28.2. The second-order valence-electron chi connectivity index (χ2n) is 2.31. The van der Waals surface area contributed by atoms with Crippen molar-refractivity contribution in [1.82, 2.24) is 0 Å². The van der Waals surface area contributed by atoms with Crippen LogP contribution in [0.4, 0.5) is 0 Å². The van der Waals surface area contributed by atoms with Gasteiger partial charge < -0.3 is 0 Å². The standard InChI is InChI=1S/C6HCl5O2/c7-1-2(8)5(13)6(10,11)4(9)3(1)12/h4H. The average molecular weight is 282 g/mol. The van der Waals surface area contributed by atoms with Crippen molar-refractivity contribution in [3.05, 3.63) is 10.1 Å². The smallest absolute Gasteiger partial charge is 0.213 e. The van der Waals surface area contributed by atoms with E-state index in [-0.39, 0.29) is 0 Å². The van der Waals surface area contributed by atoms with Crippen molar-refractivity contribution in [2.75, 3.05) is 0 Å². The lowest BCUT2D eigenvalue weighted by molar-refractivity contribution is -0.121. The highest BCUT2D eigenvalue weighted by molar-refractivity contribution is 6.73. The molecule has 13 heavy (non-hydrogen) atoms. The van der Waals surface area contributed by atoms with E-state index < -0.39 is 31.3 Å². The molecule has 0 aromatic carbocycles. The first-order chi connectivity index (χ1) is 5.80. The van der Waals surface area contributed by atoms with Gasteiger partial charge in [-0.15, -0.1) is 11.6 Å². The van der Waals surface area contributed by atoms with Crippen molar-refractivity contribution in [1.29, 1.82) is 0 Å². The predicted molar refractivity (Wildman–Crippen MR) is 52.8 cm³/mol. The molecule has 0 fully saturated rings. The molecule has 1 atom stereocenters. The van der Waals surface area contributed by atoms with Crippen LogP contribution in [0.3, 0.4) is 0 Å². The first-order valence-corrected chi connectivity index (χ1v) is 4.91. The summed E-state index contributed by atoms with van der Waals surface area (Å²) in [6, 6.07) is 0. The van der Waals surface area contributed by atoms with Crippen molar-refractivity contribution >= 4 is 69.6 Å². The van der Waals surface area contributed by atoms with E-state index in [0.29, 0.717) is 0 Å². The van der Waals surface area contributed by atoms with Crippen LogP contribution < -0.4 is 0 Å². The molecule has 0 bridgehead atoms. The fourth-order valence-corrected chi connectivity index (χ4v) is 1.93. The lowest BCUT2D eigenvalue weighted by Crippen LogP contribution is -2.45. The Morgan fingerprint density at radius 3 is 2.00 bits per heavy atom. The summed E-state index contributed by atoms with van der Waals surface area (Å²) in [5.41, 5.74) is 0. The van der Waals surface area contributed by atoms with Crippen molar-refractivity contribution in [3.8, 4) is 0 Å². The minimum atomic E-state index is -2.03. The summed E-state index contributed by atoms with van der Waals surface area (Å²) in [4.78, 5) is 22.4. The van der Waals surface area contributed by atoms with Gasteiger partial charge in [0.25, 0.3) is 0 Å². The molecule has 2 nitrogen and oxygen atoms in total. The molecule has 0 aromatic rings. The highest BCUT2D eigenvalue weighted by Gasteiger charge is 2.51. The summed E-state index contributed by atoms with van der Waals surface area (Å²) in [6.07, 6.45) is 0. The van der Waals surface area contributed by atoms with Crippen LogP contribution in [0.15, 0.2) is 10.1 Å². The Morgan fingerprint density at radius 2 is 1.54 bits per heavy atom. The van der Waals surface area contributed by atoms with Crippen molar-refractivity contribution in [2.24, 2.45) is 0 Å². The maximum absolute atomic E-state index is 11.2. The third-order valence-electron chi connectivity index (χ3n) is 1.46. The van der Waals surface area contributed by atoms with Gasteiger partial charge in [-0.3, -0.25) is 9.59 Å². The number of Topliss-reactive ketones (excluding diaryl/α,β-unsaturated/α-hetero) is 2. The Kier molecular flexibility index (Phi) is 3.21. The monoisotopic (exact) mass is 280 g/mol. The highest BCUT2D eigenvalue weighted by Crippen LogP contribution is 2.41. The molecule has 0 aromatic heterocycles. The molecule has 0 spiro atoms. The molecular weight excluding hydrogens is 281 g/mol. The Balaban J connectivity index is 3.31. The van der Waals surface area contributed by atoms with Gasteiger partial charge in [-0.2, -0.15) is 0 Å². The first-order valence-electron chi connectivity index (χ1n) is 2.96. The van der Waals surface area contributed by atoms with E-state index in [1.54, 1.807) is 0 Å². The zero-order valence-electron chi connectivity index (χ0n) is 5.78. The molecule has 0 saturated carbocycles. The summed E-state index contributed by atoms with van der Waals surface area (Å²) in [5.74, 6) is -1.61. The van der Waals surface area contributed by atoms with Crippen LogP contribution in [-0.2, 0) is 9.59 Å². The lowest BCUT2D eigenvalue weighted by Gasteiger charge is -2.26. The fraction of sp³-hybridized carbons (Fsp3) is 0.333. The minimum Gasteiger partial charge on any atom is -0.291 e. The quantitative estimate of drug-likeness (QED) is 0.640. The zero-order valence-corrected chi connectivity index (χ0v) is 9.56. The van der Waals surface area contributed by atoms with Gasteiger partial charge in [0.2, 0.25) is 10.1 Å². The number of carbonyl (C=O) groups is 2. The average Bonchev–Trinajstić information content (AvgIpc) is 2.09. The van der Waals surface area contributed by atoms with Gasteiger partial charge in [-0.05, 0) is 0 Å². The molecular formula is C6HCl5O2. The van der Waals surface area contributed by atoms with E-state index in [1.807, 2.05) is 0 Å². The van der Waals surface area contributed by atoms with Gasteiger partial charge in [0.15, 0.2) is 5.78 Å². The van der Waals surface area contributed by atoms with Crippen molar-refractivity contribution in [2.45, 2.75) is 9.71 Å². The summed E-state index contributed by atoms with van der Waals surface area (Å²) < 4.78 is -2.03. The Bertz CT molecular complexity index is 319. The number of hydrogen-bond donors (Lipinski definition) is 0. The van der Waals surface area contributed by atoms with Crippen LogP contribution in [0.25, 0.3) is 0 Å². The summed E-state index contributed by atoms with van der Waals surface area (Å²) in [6.45, 7) is 0. The van der Waals surface area contributed by atoms with Crippen molar-refractivity contribution < 1.29 is 9.59 Å². The third-order valence-corrected chi connectivity index (χ3v) is 3.82. The lowest BCUT2D eigenvalue weighted by atomic mass is 10.0. The topological polar surface area (TPSA) is 34.1 Å². The van der Waals surface area contributed by atoms with Crippen LogP contribution in [-0.4, -0.2) is 21.3 Å². The maximum Gasteiger partial charge on any atom is 0.213 e. The minimum absolute atomic E-state index is 0.427. The molecule has 0 radical (unpaired) electrons. The third kappa shape index (κ3) is 1.71. The Hall–Kier alpha value is 0.530. The van der Waals surface area contributed by atoms with Gasteiger partial charge in [-0.1, -0.05) is 46.4 Å². The van der Waals surface area contributed by atoms with Gasteiger partial charge in [-0.25, -0.2) is 0 Å². The van der Waals surface area contributed by atoms with Crippen LogP contribution in [0.5, 0.6) is 0 Å². The molecule has 0 amide bonds. The highest BCUT2D eigenvalue weighted by atomic mass is 35.5.